The number of hydrogen-bond acceptors (Lipinski definition) is 4. The molecular formula is C22H27NO4. The standard InChI is InChI=1S/C22H27NO4/c1-26-20-9-7-18(8-10-20)22(11-13-27-14-12-22)21(25)23-19(16-24)15-17-5-3-2-4-6-17/h2-10,19,24H,11-16H2,1H3,(H,23,25)/t19-/m1/s1. The normalized spacial score (nSPS) is 17.1. The molecule has 1 amide bonds. The highest BCUT2D eigenvalue weighted by molar-refractivity contribution is 5.88. The number of methoxy groups -OCH3 is 1. The van der Waals surface area contributed by atoms with E-state index in [1.165, 1.54) is 0 Å². The largest absolute Gasteiger partial charge is 0.497 e. The van der Waals surface area contributed by atoms with Gasteiger partial charge in [-0.3, -0.25) is 4.79 Å². The van der Waals surface area contributed by atoms with Crippen molar-refractivity contribution < 1.29 is 19.4 Å². The highest BCUT2D eigenvalue weighted by Crippen LogP contribution is 2.36. The fraction of sp³-hybridized carbons (Fsp3) is 0.409. The van der Waals surface area contributed by atoms with Crippen molar-refractivity contribution in [3.8, 4) is 5.75 Å². The first-order valence-electron chi connectivity index (χ1n) is 9.36. The molecule has 0 bridgehead atoms. The van der Waals surface area contributed by atoms with Gasteiger partial charge in [0.15, 0.2) is 0 Å². The topological polar surface area (TPSA) is 67.8 Å². The minimum absolute atomic E-state index is 0.0500. The summed E-state index contributed by atoms with van der Waals surface area (Å²) in [5.41, 5.74) is 1.40. The Bertz CT molecular complexity index is 724. The zero-order chi connectivity index (χ0) is 19.1. The molecule has 1 fully saturated rings. The number of hydrogen-bond donors (Lipinski definition) is 2. The van der Waals surface area contributed by atoms with Crippen molar-refractivity contribution in [3.63, 3.8) is 0 Å². The SMILES string of the molecule is COc1ccc(C2(C(=O)N[C@@H](CO)Cc3ccccc3)CCOCC2)cc1. The molecule has 0 saturated carbocycles. The summed E-state index contributed by atoms with van der Waals surface area (Å²) in [7, 11) is 1.63. The van der Waals surface area contributed by atoms with E-state index in [-0.39, 0.29) is 18.6 Å². The van der Waals surface area contributed by atoms with Crippen LogP contribution in [-0.2, 0) is 21.4 Å². The van der Waals surface area contributed by atoms with E-state index in [9.17, 15) is 9.90 Å². The van der Waals surface area contributed by atoms with Gasteiger partial charge >= 0.3 is 0 Å². The average Bonchev–Trinajstić information content (AvgIpc) is 2.74. The van der Waals surface area contributed by atoms with E-state index in [0.717, 1.165) is 16.9 Å². The lowest BCUT2D eigenvalue weighted by Gasteiger charge is -2.37. The van der Waals surface area contributed by atoms with Crippen molar-refractivity contribution >= 4 is 5.91 Å². The Kier molecular flexibility index (Phi) is 6.48. The van der Waals surface area contributed by atoms with Crippen LogP contribution in [-0.4, -0.2) is 44.0 Å². The molecule has 0 aliphatic carbocycles. The van der Waals surface area contributed by atoms with Crippen LogP contribution in [0.2, 0.25) is 0 Å². The van der Waals surface area contributed by atoms with Crippen LogP contribution in [0.4, 0.5) is 0 Å². The minimum atomic E-state index is -0.644. The maximum absolute atomic E-state index is 13.3. The van der Waals surface area contributed by atoms with Gasteiger partial charge in [-0.25, -0.2) is 0 Å². The van der Waals surface area contributed by atoms with Crippen LogP contribution >= 0.6 is 0 Å². The highest BCUT2D eigenvalue weighted by Gasteiger charge is 2.42. The molecular weight excluding hydrogens is 342 g/mol. The van der Waals surface area contributed by atoms with Gasteiger partial charge in [-0.05, 0) is 42.5 Å². The second kappa shape index (κ2) is 9.02. The van der Waals surface area contributed by atoms with E-state index < -0.39 is 5.41 Å². The van der Waals surface area contributed by atoms with Crippen LogP contribution in [0.25, 0.3) is 0 Å². The van der Waals surface area contributed by atoms with Gasteiger partial charge in [0.25, 0.3) is 0 Å². The van der Waals surface area contributed by atoms with Crippen LogP contribution in [0, 0.1) is 0 Å². The molecule has 1 aliphatic heterocycles. The van der Waals surface area contributed by atoms with E-state index >= 15 is 0 Å². The molecule has 0 aromatic heterocycles. The second-order valence-electron chi connectivity index (χ2n) is 6.97. The first-order valence-corrected chi connectivity index (χ1v) is 9.36. The summed E-state index contributed by atoms with van der Waals surface area (Å²) in [6, 6.07) is 17.2. The molecule has 0 unspecified atom stereocenters. The summed E-state index contributed by atoms with van der Waals surface area (Å²) in [6.07, 6.45) is 1.83. The minimum Gasteiger partial charge on any atom is -0.497 e. The molecule has 2 N–H and O–H groups in total. The Morgan fingerprint density at radius 2 is 1.81 bits per heavy atom. The van der Waals surface area contributed by atoms with E-state index in [0.29, 0.717) is 32.5 Å². The number of nitrogens with one attached hydrogen (secondary N) is 1. The van der Waals surface area contributed by atoms with Crippen LogP contribution in [0.15, 0.2) is 54.6 Å². The predicted octanol–water partition coefficient (Wildman–Crippen LogP) is 2.46. The van der Waals surface area contributed by atoms with E-state index in [1.807, 2.05) is 54.6 Å². The third-order valence-electron chi connectivity index (χ3n) is 5.30. The molecule has 1 saturated heterocycles. The van der Waals surface area contributed by atoms with Crippen molar-refractivity contribution in [1.29, 1.82) is 0 Å². The molecule has 0 spiro atoms. The zero-order valence-corrected chi connectivity index (χ0v) is 15.7. The van der Waals surface area contributed by atoms with Crippen LogP contribution < -0.4 is 10.1 Å². The lowest BCUT2D eigenvalue weighted by atomic mass is 9.73. The Hall–Kier alpha value is -2.37. The van der Waals surface area contributed by atoms with Crippen LogP contribution in [0.5, 0.6) is 5.75 Å². The molecule has 5 heteroatoms. The van der Waals surface area contributed by atoms with E-state index in [1.54, 1.807) is 7.11 Å². The number of amides is 1. The van der Waals surface area contributed by atoms with Crippen LogP contribution in [0.3, 0.4) is 0 Å². The number of rotatable bonds is 7. The molecule has 2 aromatic rings. The Labute approximate surface area is 160 Å². The molecule has 5 nitrogen and oxygen atoms in total. The number of benzene rings is 2. The first kappa shape index (κ1) is 19.4. The molecule has 1 heterocycles. The Morgan fingerprint density at radius 1 is 1.15 bits per heavy atom. The average molecular weight is 369 g/mol. The molecule has 144 valence electrons. The van der Waals surface area contributed by atoms with Crippen molar-refractivity contribution in [2.75, 3.05) is 26.9 Å². The van der Waals surface area contributed by atoms with Crippen molar-refractivity contribution in [2.45, 2.75) is 30.7 Å². The lowest BCUT2D eigenvalue weighted by molar-refractivity contribution is -0.131. The van der Waals surface area contributed by atoms with E-state index in [4.69, 9.17) is 9.47 Å². The second-order valence-corrected chi connectivity index (χ2v) is 6.97. The fourth-order valence-corrected chi connectivity index (χ4v) is 3.66. The maximum atomic E-state index is 13.3. The van der Waals surface area contributed by atoms with Gasteiger partial charge in [-0.15, -0.1) is 0 Å². The Balaban J connectivity index is 1.80. The van der Waals surface area contributed by atoms with Gasteiger partial charge in [0.2, 0.25) is 5.91 Å². The number of carbonyl (C=O) groups is 1. The predicted molar refractivity (Wildman–Crippen MR) is 104 cm³/mol. The van der Waals surface area contributed by atoms with E-state index in [2.05, 4.69) is 5.32 Å². The summed E-state index contributed by atoms with van der Waals surface area (Å²) in [5, 5.41) is 12.9. The zero-order valence-electron chi connectivity index (χ0n) is 15.7. The first-order chi connectivity index (χ1) is 13.2. The van der Waals surface area contributed by atoms with Crippen LogP contribution in [0.1, 0.15) is 24.0 Å². The van der Waals surface area contributed by atoms with Gasteiger partial charge in [0, 0.05) is 13.2 Å². The lowest BCUT2D eigenvalue weighted by Crippen LogP contribution is -2.52. The maximum Gasteiger partial charge on any atom is 0.231 e. The molecule has 0 radical (unpaired) electrons. The van der Waals surface area contributed by atoms with Gasteiger partial charge in [0.1, 0.15) is 5.75 Å². The fourth-order valence-electron chi connectivity index (χ4n) is 3.66. The third-order valence-corrected chi connectivity index (χ3v) is 5.30. The summed E-state index contributed by atoms with van der Waals surface area (Å²) in [6.45, 7) is 0.986. The monoisotopic (exact) mass is 369 g/mol. The van der Waals surface area contributed by atoms with Crippen molar-refractivity contribution in [1.82, 2.24) is 5.32 Å². The number of aliphatic hydroxyl groups excluding tert-OH is 1. The van der Waals surface area contributed by atoms with Crippen molar-refractivity contribution in [3.05, 3.63) is 65.7 Å². The van der Waals surface area contributed by atoms with Gasteiger partial charge in [-0.1, -0.05) is 42.5 Å². The number of carbonyl (C=O) groups excluding carboxylic acids is 1. The van der Waals surface area contributed by atoms with Gasteiger partial charge in [-0.2, -0.15) is 0 Å². The van der Waals surface area contributed by atoms with Gasteiger partial charge in [0.05, 0.1) is 25.2 Å². The molecule has 3 rings (SSSR count). The molecule has 1 aliphatic rings. The number of aliphatic hydroxyl groups is 1. The van der Waals surface area contributed by atoms with Gasteiger partial charge < -0.3 is 19.9 Å². The van der Waals surface area contributed by atoms with Crippen molar-refractivity contribution in [2.24, 2.45) is 0 Å². The quantitative estimate of drug-likeness (QED) is 0.787. The summed E-state index contributed by atoms with van der Waals surface area (Å²) in [5.74, 6) is 0.713. The highest BCUT2D eigenvalue weighted by atomic mass is 16.5. The third kappa shape index (κ3) is 4.49. The molecule has 27 heavy (non-hydrogen) atoms. The summed E-state index contributed by atoms with van der Waals surface area (Å²) in [4.78, 5) is 13.3. The summed E-state index contributed by atoms with van der Waals surface area (Å²) >= 11 is 0. The molecule has 2 aromatic carbocycles. The number of ether oxygens (including phenoxy) is 2. The summed E-state index contributed by atoms with van der Waals surface area (Å²) < 4.78 is 10.8. The Morgan fingerprint density at radius 3 is 2.41 bits per heavy atom. The molecule has 1 atom stereocenters. The smallest absolute Gasteiger partial charge is 0.231 e.